The molecule has 2 N–H and O–H groups in total. The number of ketones is 1. The van der Waals surface area contributed by atoms with E-state index in [1.807, 2.05) is 18.2 Å². The number of nitrogens with zero attached hydrogens (tertiary/aromatic N) is 2. The molecule has 6 heteroatoms. The molecule has 1 heterocycles. The van der Waals surface area contributed by atoms with Crippen molar-refractivity contribution in [2.75, 3.05) is 20.0 Å². The van der Waals surface area contributed by atoms with Crippen LogP contribution in [0.2, 0.25) is 0 Å². The monoisotopic (exact) mass is 299 g/mol. The number of nitrogen functional groups attached to an aromatic ring is 1. The highest BCUT2D eigenvalue weighted by atomic mass is 16.5. The lowest BCUT2D eigenvalue weighted by Crippen LogP contribution is -2.21. The molecule has 0 saturated carbocycles. The zero-order valence-electron chi connectivity index (χ0n) is 12.5. The summed E-state index contributed by atoms with van der Waals surface area (Å²) in [6.45, 7) is 0. The van der Waals surface area contributed by atoms with Gasteiger partial charge in [-0.3, -0.25) is 4.79 Å². The average molecular weight is 299 g/mol. The minimum Gasteiger partial charge on any atom is -0.497 e. The Bertz CT molecular complexity index is 731. The second-order valence-electron chi connectivity index (χ2n) is 5.22. The van der Waals surface area contributed by atoms with Gasteiger partial charge in [-0.05, 0) is 18.1 Å². The van der Waals surface area contributed by atoms with Crippen molar-refractivity contribution in [3.63, 3.8) is 0 Å². The van der Waals surface area contributed by atoms with Crippen LogP contribution in [-0.4, -0.2) is 30.0 Å². The fourth-order valence-electron chi connectivity index (χ4n) is 2.84. The van der Waals surface area contributed by atoms with Gasteiger partial charge in [0, 0.05) is 24.6 Å². The van der Waals surface area contributed by atoms with Crippen molar-refractivity contribution in [2.45, 2.75) is 18.8 Å². The lowest BCUT2D eigenvalue weighted by molar-refractivity contribution is 0.0962. The van der Waals surface area contributed by atoms with E-state index >= 15 is 0 Å². The van der Waals surface area contributed by atoms with E-state index in [-0.39, 0.29) is 17.6 Å². The first-order valence-electron chi connectivity index (χ1n) is 6.99. The van der Waals surface area contributed by atoms with Crippen molar-refractivity contribution in [1.29, 1.82) is 0 Å². The standard InChI is InChI=1S/C16H17N3O3/c1-21-10-3-4-11(15(7-10)22-2)9-5-13-12(14(20)6-9)8-18-16(17)19-13/h3-4,7-9H,5-6H2,1-2H3,(H2,17,18,19)/t9-/m0/s1. The summed E-state index contributed by atoms with van der Waals surface area (Å²) in [6, 6.07) is 5.63. The van der Waals surface area contributed by atoms with Crippen molar-refractivity contribution in [1.82, 2.24) is 9.97 Å². The summed E-state index contributed by atoms with van der Waals surface area (Å²) in [5, 5.41) is 0. The highest BCUT2D eigenvalue weighted by Crippen LogP contribution is 2.37. The van der Waals surface area contributed by atoms with Crippen LogP contribution in [0.4, 0.5) is 5.95 Å². The van der Waals surface area contributed by atoms with Crippen LogP contribution >= 0.6 is 0 Å². The number of carbonyl (C=O) groups excluding carboxylic acids is 1. The van der Waals surface area contributed by atoms with Gasteiger partial charge in [-0.1, -0.05) is 6.07 Å². The highest BCUT2D eigenvalue weighted by molar-refractivity contribution is 5.98. The van der Waals surface area contributed by atoms with Gasteiger partial charge in [0.1, 0.15) is 11.5 Å². The Kier molecular flexibility index (Phi) is 3.66. The van der Waals surface area contributed by atoms with E-state index in [9.17, 15) is 4.79 Å². The molecular formula is C16H17N3O3. The Morgan fingerprint density at radius 3 is 2.77 bits per heavy atom. The number of carbonyl (C=O) groups is 1. The van der Waals surface area contributed by atoms with Gasteiger partial charge in [0.25, 0.3) is 0 Å². The molecule has 6 nitrogen and oxygen atoms in total. The summed E-state index contributed by atoms with van der Waals surface area (Å²) in [5.41, 5.74) is 7.87. The first kappa shape index (κ1) is 14.3. The van der Waals surface area contributed by atoms with Crippen LogP contribution in [0.1, 0.15) is 34.0 Å². The van der Waals surface area contributed by atoms with E-state index in [1.165, 1.54) is 6.20 Å². The maximum absolute atomic E-state index is 12.3. The third-order valence-electron chi connectivity index (χ3n) is 3.94. The second kappa shape index (κ2) is 5.63. The van der Waals surface area contributed by atoms with Gasteiger partial charge in [-0.25, -0.2) is 9.97 Å². The number of aromatic nitrogens is 2. The lowest BCUT2D eigenvalue weighted by atomic mass is 9.82. The zero-order valence-corrected chi connectivity index (χ0v) is 12.5. The summed E-state index contributed by atoms with van der Waals surface area (Å²) in [5.74, 6) is 1.66. The molecule has 0 fully saturated rings. The van der Waals surface area contributed by atoms with Crippen molar-refractivity contribution < 1.29 is 14.3 Å². The number of Topliss-reactive ketones (excluding diaryl/α,β-unsaturated/α-hetero) is 1. The minimum atomic E-state index is 0.00940. The number of hydrogen-bond donors (Lipinski definition) is 1. The predicted octanol–water partition coefficient (Wildman–Crippen LogP) is 1.99. The summed E-state index contributed by atoms with van der Waals surface area (Å²) in [7, 11) is 3.21. The van der Waals surface area contributed by atoms with E-state index in [1.54, 1.807) is 14.2 Å². The quantitative estimate of drug-likeness (QED) is 0.932. The average Bonchev–Trinajstić information content (AvgIpc) is 2.53. The third-order valence-corrected chi connectivity index (χ3v) is 3.94. The Balaban J connectivity index is 1.99. The van der Waals surface area contributed by atoms with E-state index < -0.39 is 0 Å². The smallest absolute Gasteiger partial charge is 0.220 e. The van der Waals surface area contributed by atoms with Crippen LogP contribution in [0.5, 0.6) is 11.5 Å². The molecule has 0 spiro atoms. The SMILES string of the molecule is COc1ccc([C@@H]2CC(=O)c3cnc(N)nc3C2)c(OC)c1. The number of hydrogen-bond acceptors (Lipinski definition) is 6. The van der Waals surface area contributed by atoms with Crippen LogP contribution in [0, 0.1) is 0 Å². The number of anilines is 1. The van der Waals surface area contributed by atoms with E-state index in [4.69, 9.17) is 15.2 Å². The Morgan fingerprint density at radius 1 is 1.23 bits per heavy atom. The van der Waals surface area contributed by atoms with E-state index in [0.29, 0.717) is 29.8 Å². The van der Waals surface area contributed by atoms with Crippen LogP contribution in [-0.2, 0) is 6.42 Å². The van der Waals surface area contributed by atoms with Crippen LogP contribution in [0.15, 0.2) is 24.4 Å². The molecule has 1 aliphatic rings. The van der Waals surface area contributed by atoms with Gasteiger partial charge in [0.15, 0.2) is 5.78 Å². The Labute approximate surface area is 128 Å². The van der Waals surface area contributed by atoms with Crippen molar-refractivity contribution in [2.24, 2.45) is 0 Å². The summed E-state index contributed by atoms with van der Waals surface area (Å²) in [6.07, 6.45) is 2.56. The molecule has 1 aromatic heterocycles. The maximum Gasteiger partial charge on any atom is 0.220 e. The maximum atomic E-state index is 12.3. The molecule has 2 aromatic rings. The molecule has 114 valence electrons. The number of nitrogens with two attached hydrogens (primary N) is 1. The molecule has 0 radical (unpaired) electrons. The molecule has 0 bridgehead atoms. The molecule has 1 aromatic carbocycles. The van der Waals surface area contributed by atoms with Gasteiger partial charge in [0.05, 0.1) is 25.5 Å². The molecule has 0 aliphatic heterocycles. The molecular weight excluding hydrogens is 282 g/mol. The molecule has 1 atom stereocenters. The van der Waals surface area contributed by atoms with Crippen LogP contribution < -0.4 is 15.2 Å². The molecule has 22 heavy (non-hydrogen) atoms. The van der Waals surface area contributed by atoms with E-state index in [0.717, 1.165) is 11.3 Å². The third kappa shape index (κ3) is 2.47. The topological polar surface area (TPSA) is 87.3 Å². The van der Waals surface area contributed by atoms with Gasteiger partial charge in [-0.2, -0.15) is 0 Å². The molecule has 1 aliphatic carbocycles. The van der Waals surface area contributed by atoms with Gasteiger partial charge in [-0.15, -0.1) is 0 Å². The molecule has 0 unspecified atom stereocenters. The number of benzene rings is 1. The number of ether oxygens (including phenoxy) is 2. The first-order chi connectivity index (χ1) is 10.6. The van der Waals surface area contributed by atoms with Crippen molar-refractivity contribution >= 4 is 11.7 Å². The fourth-order valence-corrected chi connectivity index (χ4v) is 2.84. The number of fused-ring (bicyclic) bond motifs is 1. The van der Waals surface area contributed by atoms with Crippen LogP contribution in [0.25, 0.3) is 0 Å². The van der Waals surface area contributed by atoms with Gasteiger partial charge >= 0.3 is 0 Å². The zero-order chi connectivity index (χ0) is 15.7. The van der Waals surface area contributed by atoms with Crippen molar-refractivity contribution in [3.05, 3.63) is 41.2 Å². The minimum absolute atomic E-state index is 0.00940. The second-order valence-corrected chi connectivity index (χ2v) is 5.22. The van der Waals surface area contributed by atoms with Gasteiger partial charge < -0.3 is 15.2 Å². The van der Waals surface area contributed by atoms with Gasteiger partial charge in [0.2, 0.25) is 5.95 Å². The Morgan fingerprint density at radius 2 is 2.05 bits per heavy atom. The summed E-state index contributed by atoms with van der Waals surface area (Å²) < 4.78 is 10.6. The summed E-state index contributed by atoms with van der Waals surface area (Å²) in [4.78, 5) is 20.4. The molecule has 3 rings (SSSR count). The Hall–Kier alpha value is -2.63. The predicted molar refractivity (Wildman–Crippen MR) is 81.4 cm³/mol. The normalized spacial score (nSPS) is 17.0. The van der Waals surface area contributed by atoms with Crippen LogP contribution in [0.3, 0.4) is 0 Å². The van der Waals surface area contributed by atoms with E-state index in [2.05, 4.69) is 9.97 Å². The molecule has 0 saturated heterocycles. The number of rotatable bonds is 3. The highest BCUT2D eigenvalue weighted by Gasteiger charge is 2.29. The molecule has 0 amide bonds. The van der Waals surface area contributed by atoms with Crippen molar-refractivity contribution in [3.8, 4) is 11.5 Å². The first-order valence-corrected chi connectivity index (χ1v) is 6.99. The lowest BCUT2D eigenvalue weighted by Gasteiger charge is -2.24. The fraction of sp³-hybridized carbons (Fsp3) is 0.312. The largest absolute Gasteiger partial charge is 0.497 e. The summed E-state index contributed by atoms with van der Waals surface area (Å²) >= 11 is 0. The number of methoxy groups -OCH3 is 2.